The molecule has 1 spiro atoms. The first kappa shape index (κ1) is 19.2. The minimum atomic E-state index is -0.557. The van der Waals surface area contributed by atoms with E-state index in [0.29, 0.717) is 31.7 Å². The molecule has 1 unspecified atom stereocenters. The van der Waals surface area contributed by atoms with Gasteiger partial charge in [0.15, 0.2) is 6.61 Å². The Balaban J connectivity index is 1.60. The van der Waals surface area contributed by atoms with Crippen molar-refractivity contribution in [3.05, 3.63) is 29.8 Å². The fourth-order valence-electron chi connectivity index (χ4n) is 4.13. The molecule has 2 aliphatic heterocycles. The van der Waals surface area contributed by atoms with Crippen LogP contribution in [0.3, 0.4) is 0 Å². The quantitative estimate of drug-likeness (QED) is 0.745. The SMILES string of the molecule is COC(=O)C1CC(=O)N(C)C12CCN(C(=O)COc1ccc(C)cc1)CC2. The lowest BCUT2D eigenvalue weighted by molar-refractivity contribution is -0.150. The number of piperidine rings is 1. The number of carbonyl (C=O) groups excluding carboxylic acids is 3. The summed E-state index contributed by atoms with van der Waals surface area (Å²) < 4.78 is 10.5. The van der Waals surface area contributed by atoms with Crippen molar-refractivity contribution in [2.45, 2.75) is 31.7 Å². The average molecular weight is 374 g/mol. The Hall–Kier alpha value is -2.57. The molecule has 0 bridgehead atoms. The van der Waals surface area contributed by atoms with Gasteiger partial charge in [-0.25, -0.2) is 0 Å². The molecule has 0 N–H and O–H groups in total. The summed E-state index contributed by atoms with van der Waals surface area (Å²) in [6.45, 7) is 2.94. The van der Waals surface area contributed by atoms with Gasteiger partial charge in [-0.2, -0.15) is 0 Å². The van der Waals surface area contributed by atoms with Gasteiger partial charge in [-0.05, 0) is 31.9 Å². The second-order valence-electron chi connectivity index (χ2n) is 7.32. The molecule has 2 heterocycles. The Morgan fingerprint density at radius 1 is 1.19 bits per heavy atom. The Morgan fingerprint density at radius 3 is 2.41 bits per heavy atom. The van der Waals surface area contributed by atoms with Crippen LogP contribution in [0.15, 0.2) is 24.3 Å². The molecular weight excluding hydrogens is 348 g/mol. The summed E-state index contributed by atoms with van der Waals surface area (Å²) >= 11 is 0. The van der Waals surface area contributed by atoms with E-state index in [-0.39, 0.29) is 30.8 Å². The molecule has 0 aromatic heterocycles. The number of methoxy groups -OCH3 is 1. The maximum Gasteiger partial charge on any atom is 0.311 e. The second kappa shape index (κ2) is 7.58. The van der Waals surface area contributed by atoms with E-state index in [4.69, 9.17) is 9.47 Å². The van der Waals surface area contributed by atoms with Crippen LogP contribution in [0.25, 0.3) is 0 Å². The molecule has 2 amide bonds. The molecule has 3 rings (SSSR count). The molecule has 1 aromatic carbocycles. The number of ether oxygens (including phenoxy) is 2. The number of benzene rings is 1. The summed E-state index contributed by atoms with van der Waals surface area (Å²) in [4.78, 5) is 40.3. The number of carbonyl (C=O) groups is 3. The number of rotatable bonds is 4. The predicted octanol–water partition coefficient (Wildman–Crippen LogP) is 1.39. The summed E-state index contributed by atoms with van der Waals surface area (Å²) in [5, 5.41) is 0. The fourth-order valence-corrected chi connectivity index (χ4v) is 4.13. The molecule has 7 heteroatoms. The number of nitrogens with zero attached hydrogens (tertiary/aromatic N) is 2. The lowest BCUT2D eigenvalue weighted by Gasteiger charge is -2.45. The number of hydrogen-bond acceptors (Lipinski definition) is 5. The Morgan fingerprint density at radius 2 is 1.81 bits per heavy atom. The molecule has 2 fully saturated rings. The van der Waals surface area contributed by atoms with Gasteiger partial charge in [0.2, 0.25) is 5.91 Å². The van der Waals surface area contributed by atoms with Gasteiger partial charge in [-0.1, -0.05) is 17.7 Å². The first-order valence-electron chi connectivity index (χ1n) is 9.19. The minimum Gasteiger partial charge on any atom is -0.484 e. The predicted molar refractivity (Wildman–Crippen MR) is 98.1 cm³/mol. The summed E-state index contributed by atoms with van der Waals surface area (Å²) in [5.74, 6) is -0.301. The number of aryl methyl sites for hydroxylation is 1. The monoisotopic (exact) mass is 374 g/mol. The van der Waals surface area contributed by atoms with Crippen LogP contribution in [0.2, 0.25) is 0 Å². The van der Waals surface area contributed by atoms with Crippen LogP contribution in [0, 0.1) is 12.8 Å². The summed E-state index contributed by atoms with van der Waals surface area (Å²) in [6.07, 6.45) is 1.30. The van der Waals surface area contributed by atoms with E-state index in [9.17, 15) is 14.4 Å². The molecule has 2 saturated heterocycles. The first-order valence-corrected chi connectivity index (χ1v) is 9.19. The van der Waals surface area contributed by atoms with Crippen molar-refractivity contribution in [2.75, 3.05) is 33.9 Å². The van der Waals surface area contributed by atoms with Crippen molar-refractivity contribution in [2.24, 2.45) is 5.92 Å². The van der Waals surface area contributed by atoms with Gasteiger partial charge < -0.3 is 19.3 Å². The van der Waals surface area contributed by atoms with Crippen molar-refractivity contribution in [3.8, 4) is 5.75 Å². The van der Waals surface area contributed by atoms with Crippen molar-refractivity contribution in [1.29, 1.82) is 0 Å². The summed E-state index contributed by atoms with van der Waals surface area (Å²) in [5.41, 5.74) is 0.573. The minimum absolute atomic E-state index is 0.0226. The highest BCUT2D eigenvalue weighted by atomic mass is 16.5. The molecule has 2 aliphatic rings. The van der Waals surface area contributed by atoms with Crippen molar-refractivity contribution in [1.82, 2.24) is 9.80 Å². The maximum absolute atomic E-state index is 12.5. The van der Waals surface area contributed by atoms with E-state index < -0.39 is 11.5 Å². The van der Waals surface area contributed by atoms with Gasteiger partial charge >= 0.3 is 5.97 Å². The Kier molecular flexibility index (Phi) is 5.39. The molecule has 0 saturated carbocycles. The smallest absolute Gasteiger partial charge is 0.311 e. The van der Waals surface area contributed by atoms with E-state index in [0.717, 1.165) is 5.56 Å². The molecular formula is C20H26N2O5. The number of esters is 1. The zero-order valence-electron chi connectivity index (χ0n) is 16.1. The van der Waals surface area contributed by atoms with Gasteiger partial charge in [0.25, 0.3) is 5.91 Å². The summed E-state index contributed by atoms with van der Waals surface area (Å²) in [7, 11) is 3.09. The third-order valence-corrected chi connectivity index (χ3v) is 5.92. The molecule has 27 heavy (non-hydrogen) atoms. The van der Waals surface area contributed by atoms with Crippen LogP contribution in [-0.4, -0.2) is 67.0 Å². The normalized spacial score (nSPS) is 21.4. The van der Waals surface area contributed by atoms with Crippen molar-refractivity contribution in [3.63, 3.8) is 0 Å². The molecule has 146 valence electrons. The van der Waals surface area contributed by atoms with Gasteiger partial charge in [0.1, 0.15) is 5.75 Å². The Bertz CT molecular complexity index is 722. The van der Waals surface area contributed by atoms with Gasteiger partial charge in [0, 0.05) is 26.6 Å². The van der Waals surface area contributed by atoms with Crippen LogP contribution in [0.4, 0.5) is 0 Å². The zero-order valence-corrected chi connectivity index (χ0v) is 16.1. The van der Waals surface area contributed by atoms with Crippen LogP contribution < -0.4 is 4.74 Å². The third kappa shape index (κ3) is 3.63. The number of likely N-dealkylation sites (tertiary alicyclic amines) is 2. The van der Waals surface area contributed by atoms with E-state index in [1.54, 1.807) is 16.8 Å². The van der Waals surface area contributed by atoms with E-state index in [2.05, 4.69) is 0 Å². The molecule has 1 atom stereocenters. The van der Waals surface area contributed by atoms with E-state index in [1.807, 2.05) is 31.2 Å². The average Bonchev–Trinajstić information content (AvgIpc) is 2.92. The third-order valence-electron chi connectivity index (χ3n) is 5.92. The lowest BCUT2D eigenvalue weighted by atomic mass is 9.77. The zero-order chi connectivity index (χ0) is 19.6. The summed E-state index contributed by atoms with van der Waals surface area (Å²) in [6, 6.07) is 7.55. The Labute approximate surface area is 159 Å². The largest absolute Gasteiger partial charge is 0.484 e. The van der Waals surface area contributed by atoms with Crippen LogP contribution in [0.5, 0.6) is 5.75 Å². The molecule has 0 radical (unpaired) electrons. The van der Waals surface area contributed by atoms with Crippen LogP contribution >= 0.6 is 0 Å². The van der Waals surface area contributed by atoms with Crippen molar-refractivity contribution >= 4 is 17.8 Å². The standard InChI is InChI=1S/C20H26N2O5/c1-14-4-6-15(7-5-14)27-13-18(24)22-10-8-20(9-11-22)16(19(25)26-3)12-17(23)21(20)2/h4-7,16H,8-13H2,1-3H3. The molecule has 0 aliphatic carbocycles. The highest BCUT2D eigenvalue weighted by Gasteiger charge is 2.55. The topological polar surface area (TPSA) is 76.2 Å². The van der Waals surface area contributed by atoms with Gasteiger partial charge in [-0.3, -0.25) is 14.4 Å². The van der Waals surface area contributed by atoms with E-state index >= 15 is 0 Å². The maximum atomic E-state index is 12.5. The molecule has 1 aromatic rings. The number of hydrogen-bond donors (Lipinski definition) is 0. The number of amides is 2. The van der Waals surface area contributed by atoms with Crippen LogP contribution in [0.1, 0.15) is 24.8 Å². The highest BCUT2D eigenvalue weighted by molar-refractivity contribution is 5.89. The van der Waals surface area contributed by atoms with Crippen molar-refractivity contribution < 1.29 is 23.9 Å². The lowest BCUT2D eigenvalue weighted by Crippen LogP contribution is -2.57. The second-order valence-corrected chi connectivity index (χ2v) is 7.32. The fraction of sp³-hybridized carbons (Fsp3) is 0.550. The van der Waals surface area contributed by atoms with Gasteiger partial charge in [-0.15, -0.1) is 0 Å². The first-order chi connectivity index (χ1) is 12.9. The van der Waals surface area contributed by atoms with Gasteiger partial charge in [0.05, 0.1) is 18.6 Å². The molecule has 7 nitrogen and oxygen atoms in total. The van der Waals surface area contributed by atoms with E-state index in [1.165, 1.54) is 7.11 Å². The highest BCUT2D eigenvalue weighted by Crippen LogP contribution is 2.43. The van der Waals surface area contributed by atoms with Crippen LogP contribution in [-0.2, 0) is 19.1 Å².